The molecule has 0 aliphatic carbocycles. The Labute approximate surface area is 122 Å². The van der Waals surface area contributed by atoms with Gasteiger partial charge in [0, 0.05) is 24.5 Å². The second-order valence-electron chi connectivity index (χ2n) is 5.03. The summed E-state index contributed by atoms with van der Waals surface area (Å²) in [5.41, 5.74) is -0.539. The number of carbonyl (C=O) groups is 2. The second kappa shape index (κ2) is 7.04. The largest absolute Gasteiger partial charge is 0.444 e. The quantitative estimate of drug-likeness (QED) is 0.895. The van der Waals surface area contributed by atoms with E-state index < -0.39 is 11.7 Å². The molecule has 0 fully saturated rings. The highest BCUT2D eigenvalue weighted by Gasteiger charge is 2.16. The molecule has 2 amide bonds. The summed E-state index contributed by atoms with van der Waals surface area (Å²) in [7, 11) is 0. The first-order valence-corrected chi connectivity index (χ1v) is 6.95. The molecule has 0 unspecified atom stereocenters. The van der Waals surface area contributed by atoms with Crippen molar-refractivity contribution in [1.29, 1.82) is 0 Å². The molecule has 1 heterocycles. The number of thiazole rings is 1. The molecule has 0 aliphatic heterocycles. The van der Waals surface area contributed by atoms with Crippen LogP contribution in [0.5, 0.6) is 0 Å². The summed E-state index contributed by atoms with van der Waals surface area (Å²) >= 11 is 1.32. The molecule has 0 aromatic carbocycles. The van der Waals surface area contributed by atoms with Crippen LogP contribution in [-0.4, -0.2) is 29.1 Å². The van der Waals surface area contributed by atoms with Gasteiger partial charge in [0.05, 0.1) is 0 Å². The summed E-state index contributed by atoms with van der Waals surface area (Å²) in [6, 6.07) is 0. The highest BCUT2D eigenvalue weighted by Crippen LogP contribution is 2.20. The van der Waals surface area contributed by atoms with Crippen molar-refractivity contribution in [3.05, 3.63) is 17.2 Å². The molecule has 0 radical (unpaired) electrons. The highest BCUT2D eigenvalue weighted by atomic mass is 32.1. The number of nitrogens with zero attached hydrogens (tertiary/aromatic N) is 1. The van der Waals surface area contributed by atoms with Crippen LogP contribution >= 0.6 is 11.3 Å². The van der Waals surface area contributed by atoms with Gasteiger partial charge in [-0.25, -0.2) is 9.78 Å². The molecular weight excluding hydrogens is 278 g/mol. The first-order chi connectivity index (χ1) is 9.26. The van der Waals surface area contributed by atoms with Crippen LogP contribution in [0.4, 0.5) is 9.93 Å². The van der Waals surface area contributed by atoms with Crippen LogP contribution in [0.1, 0.15) is 32.6 Å². The molecule has 7 heteroatoms. The summed E-state index contributed by atoms with van der Waals surface area (Å²) in [5, 5.41) is 5.69. The zero-order valence-electron chi connectivity index (χ0n) is 12.0. The minimum absolute atomic E-state index is 0.0776. The predicted octanol–water partition coefficient (Wildman–Crippen LogP) is 2.64. The molecule has 0 aliphatic rings. The van der Waals surface area contributed by atoms with E-state index in [1.54, 1.807) is 27.0 Å². The van der Waals surface area contributed by atoms with Crippen LogP contribution in [0.3, 0.4) is 0 Å². The van der Waals surface area contributed by atoms with Crippen LogP contribution in [0, 0.1) is 0 Å². The van der Waals surface area contributed by atoms with E-state index in [9.17, 15) is 9.59 Å². The van der Waals surface area contributed by atoms with E-state index in [4.69, 9.17) is 4.74 Å². The lowest BCUT2D eigenvalue weighted by Gasteiger charge is -2.18. The highest BCUT2D eigenvalue weighted by molar-refractivity contribution is 7.16. The van der Waals surface area contributed by atoms with E-state index in [2.05, 4.69) is 15.6 Å². The summed E-state index contributed by atoms with van der Waals surface area (Å²) < 4.78 is 5.13. The number of hydrogen-bond donors (Lipinski definition) is 2. The van der Waals surface area contributed by atoms with Gasteiger partial charge in [-0.15, -0.1) is 0 Å². The number of hydrogen-bond acceptors (Lipinski definition) is 5. The minimum Gasteiger partial charge on any atom is -0.444 e. The maximum Gasteiger partial charge on any atom is 0.413 e. The van der Waals surface area contributed by atoms with Crippen LogP contribution in [-0.2, 0) is 9.53 Å². The number of carbonyl (C=O) groups excluding carboxylic acids is 2. The molecule has 1 aromatic heterocycles. The van der Waals surface area contributed by atoms with Gasteiger partial charge < -0.3 is 10.1 Å². The molecule has 0 spiro atoms. The number of anilines is 1. The van der Waals surface area contributed by atoms with Crippen molar-refractivity contribution in [2.75, 3.05) is 11.9 Å². The van der Waals surface area contributed by atoms with E-state index in [1.807, 2.05) is 12.2 Å². The van der Waals surface area contributed by atoms with E-state index >= 15 is 0 Å². The van der Waals surface area contributed by atoms with Crippen LogP contribution in [0.25, 0.3) is 6.08 Å². The molecule has 110 valence electrons. The predicted molar refractivity (Wildman–Crippen MR) is 79.7 cm³/mol. The van der Waals surface area contributed by atoms with Gasteiger partial charge in [0.15, 0.2) is 5.13 Å². The first-order valence-electron chi connectivity index (χ1n) is 6.13. The molecule has 0 saturated carbocycles. The minimum atomic E-state index is -0.539. The third-order valence-corrected chi connectivity index (χ3v) is 2.76. The van der Waals surface area contributed by atoms with Crippen LogP contribution in [0.2, 0.25) is 0 Å². The van der Waals surface area contributed by atoms with Crippen molar-refractivity contribution in [1.82, 2.24) is 10.3 Å². The van der Waals surface area contributed by atoms with Gasteiger partial charge in [-0.05, 0) is 26.8 Å². The molecule has 2 N–H and O–H groups in total. The van der Waals surface area contributed by atoms with Gasteiger partial charge in [0.25, 0.3) is 0 Å². The molecule has 6 nitrogen and oxygen atoms in total. The maximum absolute atomic E-state index is 11.5. The third kappa shape index (κ3) is 6.89. The smallest absolute Gasteiger partial charge is 0.413 e. The molecule has 0 bridgehead atoms. The van der Waals surface area contributed by atoms with Gasteiger partial charge in [0.2, 0.25) is 5.91 Å². The van der Waals surface area contributed by atoms with Crippen LogP contribution in [0.15, 0.2) is 12.3 Å². The molecular formula is C13H19N3O3S. The summed E-state index contributed by atoms with van der Waals surface area (Å²) in [6.07, 6.45) is 4.75. The lowest BCUT2D eigenvalue weighted by molar-refractivity contribution is -0.118. The van der Waals surface area contributed by atoms with E-state index in [0.29, 0.717) is 11.7 Å². The maximum atomic E-state index is 11.5. The summed E-state index contributed by atoms with van der Waals surface area (Å²) in [5.74, 6) is -0.0776. The Morgan fingerprint density at radius 3 is 2.75 bits per heavy atom. The van der Waals surface area contributed by atoms with Gasteiger partial charge in [-0.1, -0.05) is 17.4 Å². The number of rotatable bonds is 4. The van der Waals surface area contributed by atoms with Gasteiger partial charge in [0.1, 0.15) is 5.60 Å². The normalized spacial score (nSPS) is 11.4. The standard InChI is InChI=1S/C13H19N3O3S/c1-9(17)14-7-5-6-10-8-15-11(20-10)16-12(18)19-13(2,3)4/h5-6,8H,7H2,1-4H3,(H,14,17)(H,15,16,18). The molecule has 1 rings (SSSR count). The van der Waals surface area contributed by atoms with E-state index in [-0.39, 0.29) is 5.91 Å². The number of ether oxygens (including phenoxy) is 1. The van der Waals surface area contributed by atoms with Gasteiger partial charge in [-0.3, -0.25) is 10.1 Å². The van der Waals surface area contributed by atoms with Crippen molar-refractivity contribution < 1.29 is 14.3 Å². The molecule has 20 heavy (non-hydrogen) atoms. The number of nitrogens with one attached hydrogen (secondary N) is 2. The number of amides is 2. The number of aromatic nitrogens is 1. The lowest BCUT2D eigenvalue weighted by atomic mass is 10.2. The molecule has 1 aromatic rings. The Kier molecular flexibility index (Phi) is 5.69. The fourth-order valence-corrected chi connectivity index (χ4v) is 1.92. The Morgan fingerprint density at radius 1 is 1.45 bits per heavy atom. The Bertz CT molecular complexity index is 503. The second-order valence-corrected chi connectivity index (χ2v) is 6.10. The third-order valence-electron chi connectivity index (χ3n) is 1.88. The van der Waals surface area contributed by atoms with Crippen molar-refractivity contribution in [3.63, 3.8) is 0 Å². The topological polar surface area (TPSA) is 80.3 Å². The zero-order chi connectivity index (χ0) is 15.2. The van der Waals surface area contributed by atoms with Crippen molar-refractivity contribution in [2.45, 2.75) is 33.3 Å². The Morgan fingerprint density at radius 2 is 2.15 bits per heavy atom. The Hall–Kier alpha value is -1.89. The van der Waals surface area contributed by atoms with E-state index in [0.717, 1.165) is 4.88 Å². The van der Waals surface area contributed by atoms with Crippen molar-refractivity contribution in [2.24, 2.45) is 0 Å². The fraction of sp³-hybridized carbons (Fsp3) is 0.462. The van der Waals surface area contributed by atoms with E-state index in [1.165, 1.54) is 18.3 Å². The summed E-state index contributed by atoms with van der Waals surface area (Å²) in [4.78, 5) is 27.2. The molecule has 0 atom stereocenters. The summed E-state index contributed by atoms with van der Waals surface area (Å²) in [6.45, 7) is 7.31. The average Bonchev–Trinajstić information content (AvgIpc) is 2.69. The monoisotopic (exact) mass is 297 g/mol. The zero-order valence-corrected chi connectivity index (χ0v) is 12.8. The average molecular weight is 297 g/mol. The van der Waals surface area contributed by atoms with Gasteiger partial charge >= 0.3 is 6.09 Å². The van der Waals surface area contributed by atoms with Crippen molar-refractivity contribution in [3.8, 4) is 0 Å². The van der Waals surface area contributed by atoms with Gasteiger partial charge in [-0.2, -0.15) is 0 Å². The first kappa shape index (κ1) is 16.2. The SMILES string of the molecule is CC(=O)NCC=Cc1cnc(NC(=O)OC(C)(C)C)s1. The molecule has 0 saturated heterocycles. The van der Waals surface area contributed by atoms with Crippen molar-refractivity contribution >= 4 is 34.5 Å². The fourth-order valence-electron chi connectivity index (χ4n) is 1.19. The Balaban J connectivity index is 2.47. The van der Waals surface area contributed by atoms with Crippen LogP contribution < -0.4 is 10.6 Å². The lowest BCUT2D eigenvalue weighted by Crippen LogP contribution is -2.27.